The molecule has 0 aliphatic rings. The summed E-state index contributed by atoms with van der Waals surface area (Å²) in [5.74, 6) is 0.00771. The van der Waals surface area contributed by atoms with Crippen molar-refractivity contribution in [1.29, 1.82) is 0 Å². The molecule has 7 nitrogen and oxygen atoms in total. The van der Waals surface area contributed by atoms with Crippen molar-refractivity contribution >= 4 is 15.7 Å². The number of primary sulfonamides is 1. The lowest BCUT2D eigenvalue weighted by atomic mass is 10.2. The quantitative estimate of drug-likeness (QED) is 0.644. The van der Waals surface area contributed by atoms with Gasteiger partial charge in [-0.2, -0.15) is 0 Å². The van der Waals surface area contributed by atoms with E-state index in [-0.39, 0.29) is 17.3 Å². The third-order valence-corrected chi connectivity index (χ3v) is 3.86. The molecule has 2 rings (SSSR count). The topological polar surface area (TPSA) is 113 Å². The van der Waals surface area contributed by atoms with Crippen LogP contribution in [0.3, 0.4) is 0 Å². The van der Waals surface area contributed by atoms with Crippen LogP contribution in [0.5, 0.6) is 5.75 Å². The Bertz CT molecular complexity index is 775. The van der Waals surface area contributed by atoms with E-state index in [1.54, 1.807) is 0 Å². The third kappa shape index (κ3) is 4.03. The highest BCUT2D eigenvalue weighted by molar-refractivity contribution is 7.89. The highest BCUT2D eigenvalue weighted by atomic mass is 32.2. The normalized spacial score (nSPS) is 11.1. The molecule has 0 aliphatic carbocycles. The van der Waals surface area contributed by atoms with Crippen LogP contribution in [0.1, 0.15) is 5.56 Å². The monoisotopic (exact) mass is 322 g/mol. The summed E-state index contributed by atoms with van der Waals surface area (Å²) in [6, 6.07) is 12.8. The van der Waals surface area contributed by atoms with Gasteiger partial charge in [0.05, 0.1) is 16.4 Å². The largest absolute Gasteiger partial charge is 0.486 e. The van der Waals surface area contributed by atoms with Gasteiger partial charge in [-0.05, 0) is 17.7 Å². The molecular weight excluding hydrogens is 308 g/mol. The maximum Gasteiger partial charge on any atom is 0.312 e. The van der Waals surface area contributed by atoms with Crippen molar-refractivity contribution in [2.75, 3.05) is 6.61 Å². The van der Waals surface area contributed by atoms with Crippen molar-refractivity contribution in [2.45, 2.75) is 11.3 Å². The Morgan fingerprint density at radius 2 is 1.82 bits per heavy atom. The number of benzene rings is 2. The van der Waals surface area contributed by atoms with E-state index in [2.05, 4.69) is 0 Å². The number of hydrogen-bond acceptors (Lipinski definition) is 5. The summed E-state index contributed by atoms with van der Waals surface area (Å²) in [7, 11) is -4.00. The number of rotatable bonds is 6. The van der Waals surface area contributed by atoms with Crippen LogP contribution in [0.25, 0.3) is 0 Å². The molecule has 0 bridgehead atoms. The zero-order valence-corrected chi connectivity index (χ0v) is 12.3. The lowest BCUT2D eigenvalue weighted by molar-refractivity contribution is -0.386. The lowest BCUT2D eigenvalue weighted by Crippen LogP contribution is -2.12. The molecule has 0 aliphatic heterocycles. The maximum absolute atomic E-state index is 11.2. The van der Waals surface area contributed by atoms with Gasteiger partial charge in [0.2, 0.25) is 10.0 Å². The Kier molecular flexibility index (Phi) is 4.74. The van der Waals surface area contributed by atoms with Crippen LogP contribution in [0.15, 0.2) is 53.4 Å². The molecule has 22 heavy (non-hydrogen) atoms. The lowest BCUT2D eigenvalue weighted by Gasteiger charge is -2.08. The number of sulfonamides is 1. The van der Waals surface area contributed by atoms with E-state index in [0.29, 0.717) is 6.42 Å². The first-order valence-corrected chi connectivity index (χ1v) is 7.90. The fraction of sp³-hybridized carbons (Fsp3) is 0.143. The predicted octanol–water partition coefficient (Wildman–Crippen LogP) is 1.86. The van der Waals surface area contributed by atoms with Gasteiger partial charge >= 0.3 is 5.69 Å². The summed E-state index contributed by atoms with van der Waals surface area (Å²) in [5, 5.41) is 16.0. The smallest absolute Gasteiger partial charge is 0.312 e. The third-order valence-electron chi connectivity index (χ3n) is 2.95. The van der Waals surface area contributed by atoms with Crippen molar-refractivity contribution in [2.24, 2.45) is 5.14 Å². The number of nitro groups is 1. The second-order valence-corrected chi connectivity index (χ2v) is 6.08. The Balaban J connectivity index is 2.15. The summed E-state index contributed by atoms with van der Waals surface area (Å²) in [6.07, 6.45) is 0.578. The minimum Gasteiger partial charge on any atom is -0.486 e. The minimum absolute atomic E-state index is 0.00771. The average Bonchev–Trinajstić information content (AvgIpc) is 2.47. The molecule has 0 aromatic heterocycles. The first-order valence-electron chi connectivity index (χ1n) is 6.36. The molecule has 0 atom stereocenters. The molecule has 0 saturated heterocycles. The van der Waals surface area contributed by atoms with Crippen LogP contribution in [0, 0.1) is 10.1 Å². The predicted molar refractivity (Wildman–Crippen MR) is 80.1 cm³/mol. The maximum atomic E-state index is 11.2. The van der Waals surface area contributed by atoms with Gasteiger partial charge in [0.15, 0.2) is 5.75 Å². The zero-order chi connectivity index (χ0) is 16.2. The molecule has 0 saturated carbocycles. The summed E-state index contributed by atoms with van der Waals surface area (Å²) in [4.78, 5) is 10.00. The van der Waals surface area contributed by atoms with E-state index in [1.807, 2.05) is 30.3 Å². The van der Waals surface area contributed by atoms with Crippen LogP contribution in [0.2, 0.25) is 0 Å². The standard InChI is InChI=1S/C14H14N2O5S/c15-22(19,20)12-6-7-14(13(10-12)16(17)18)21-9-8-11-4-2-1-3-5-11/h1-7,10H,8-9H2,(H2,15,19,20). The molecule has 116 valence electrons. The number of hydrogen-bond donors (Lipinski definition) is 1. The number of nitrogens with two attached hydrogens (primary N) is 1. The number of nitrogens with zero attached hydrogens (tertiary/aromatic N) is 1. The van der Waals surface area contributed by atoms with Crippen molar-refractivity contribution in [1.82, 2.24) is 0 Å². The van der Waals surface area contributed by atoms with Crippen LogP contribution in [-0.4, -0.2) is 19.9 Å². The van der Waals surface area contributed by atoms with Crippen molar-refractivity contribution in [3.63, 3.8) is 0 Å². The number of nitro benzene ring substituents is 1. The Labute approximate surface area is 127 Å². The van der Waals surface area contributed by atoms with Crippen molar-refractivity contribution in [3.8, 4) is 5.75 Å². The highest BCUT2D eigenvalue weighted by Crippen LogP contribution is 2.29. The van der Waals surface area contributed by atoms with Gasteiger partial charge < -0.3 is 4.74 Å². The average molecular weight is 322 g/mol. The van der Waals surface area contributed by atoms with Crippen LogP contribution in [0.4, 0.5) is 5.69 Å². The van der Waals surface area contributed by atoms with Gasteiger partial charge in [-0.15, -0.1) is 0 Å². The molecule has 0 fully saturated rings. The molecule has 0 amide bonds. The molecule has 8 heteroatoms. The van der Waals surface area contributed by atoms with Crippen LogP contribution >= 0.6 is 0 Å². The van der Waals surface area contributed by atoms with Gasteiger partial charge in [0, 0.05) is 12.5 Å². The molecule has 0 unspecified atom stereocenters. The van der Waals surface area contributed by atoms with E-state index in [0.717, 1.165) is 11.6 Å². The summed E-state index contributed by atoms with van der Waals surface area (Å²) in [5.41, 5.74) is 0.603. The zero-order valence-electron chi connectivity index (χ0n) is 11.5. The van der Waals surface area contributed by atoms with Crippen LogP contribution in [-0.2, 0) is 16.4 Å². The molecule has 2 aromatic rings. The Hall–Kier alpha value is -2.45. The van der Waals surface area contributed by atoms with E-state index in [4.69, 9.17) is 9.88 Å². The second kappa shape index (κ2) is 6.54. The highest BCUT2D eigenvalue weighted by Gasteiger charge is 2.20. The molecule has 0 heterocycles. The molecule has 2 N–H and O–H groups in total. The first kappa shape index (κ1) is 15.9. The number of ether oxygens (including phenoxy) is 1. The Morgan fingerprint density at radius 3 is 2.41 bits per heavy atom. The summed E-state index contributed by atoms with van der Waals surface area (Å²) in [6.45, 7) is 0.236. The van der Waals surface area contributed by atoms with Crippen molar-refractivity contribution in [3.05, 3.63) is 64.2 Å². The van der Waals surface area contributed by atoms with Crippen molar-refractivity contribution < 1.29 is 18.1 Å². The van der Waals surface area contributed by atoms with E-state index < -0.39 is 20.6 Å². The Morgan fingerprint density at radius 1 is 1.14 bits per heavy atom. The fourth-order valence-electron chi connectivity index (χ4n) is 1.86. The van der Waals surface area contributed by atoms with Gasteiger partial charge in [0.25, 0.3) is 0 Å². The second-order valence-electron chi connectivity index (χ2n) is 4.52. The van der Waals surface area contributed by atoms with Gasteiger partial charge in [-0.25, -0.2) is 13.6 Å². The van der Waals surface area contributed by atoms with Gasteiger partial charge in [0.1, 0.15) is 0 Å². The van der Waals surface area contributed by atoms with Gasteiger partial charge in [-0.3, -0.25) is 10.1 Å². The van der Waals surface area contributed by atoms with Gasteiger partial charge in [-0.1, -0.05) is 30.3 Å². The van der Waals surface area contributed by atoms with E-state index in [1.165, 1.54) is 12.1 Å². The van der Waals surface area contributed by atoms with Crippen LogP contribution < -0.4 is 9.88 Å². The van der Waals surface area contributed by atoms with E-state index >= 15 is 0 Å². The summed E-state index contributed by atoms with van der Waals surface area (Å²) < 4.78 is 27.9. The summed E-state index contributed by atoms with van der Waals surface area (Å²) >= 11 is 0. The fourth-order valence-corrected chi connectivity index (χ4v) is 2.40. The molecule has 2 aromatic carbocycles. The molecule has 0 radical (unpaired) electrons. The first-order chi connectivity index (χ1) is 10.4. The SMILES string of the molecule is NS(=O)(=O)c1ccc(OCCc2ccccc2)c([N+](=O)[O-])c1. The molecule has 0 spiro atoms. The molecular formula is C14H14N2O5S. The van der Waals surface area contributed by atoms with E-state index in [9.17, 15) is 18.5 Å². The minimum atomic E-state index is -4.00.